The summed E-state index contributed by atoms with van der Waals surface area (Å²) in [4.78, 5) is 22.6. The smallest absolute Gasteiger partial charge is 0.344 e. The highest BCUT2D eigenvalue weighted by Gasteiger charge is 2.26. The molecule has 1 saturated heterocycles. The van der Waals surface area contributed by atoms with Crippen LogP contribution in [-0.2, 0) is 16.0 Å². The number of esters is 1. The van der Waals surface area contributed by atoms with Crippen LogP contribution in [0.15, 0.2) is 48.5 Å². The number of nitrogens with zero attached hydrogens (tertiary/aromatic N) is 3. The quantitative estimate of drug-likeness (QED) is 0.465. The highest BCUT2D eigenvalue weighted by Crippen LogP contribution is 2.30. The average molecular weight is 432 g/mol. The number of fused-ring (bicyclic) bond motifs is 2. The van der Waals surface area contributed by atoms with Crippen LogP contribution in [0, 0.1) is 0 Å². The minimum atomic E-state index is -0.513. The summed E-state index contributed by atoms with van der Waals surface area (Å²) < 4.78 is 18.2. The molecule has 0 aliphatic carbocycles. The van der Waals surface area contributed by atoms with E-state index in [1.807, 2.05) is 48.5 Å². The van der Waals surface area contributed by atoms with Crippen molar-refractivity contribution in [3.63, 3.8) is 0 Å². The number of ether oxygens (including phenoxy) is 3. The van der Waals surface area contributed by atoms with Crippen molar-refractivity contribution in [2.75, 3.05) is 26.1 Å². The van der Waals surface area contributed by atoms with Crippen LogP contribution in [0.25, 0.3) is 22.2 Å². The van der Waals surface area contributed by atoms with Crippen LogP contribution in [0.4, 0.5) is 5.82 Å². The van der Waals surface area contributed by atoms with Crippen molar-refractivity contribution in [3.05, 3.63) is 59.7 Å². The van der Waals surface area contributed by atoms with Crippen LogP contribution in [0.2, 0.25) is 0 Å². The number of hydrogen-bond acceptors (Lipinski definition) is 7. The monoisotopic (exact) mass is 432 g/mol. The van der Waals surface area contributed by atoms with Gasteiger partial charge in [-0.3, -0.25) is 0 Å². The number of rotatable bonds is 6. The van der Waals surface area contributed by atoms with Crippen molar-refractivity contribution in [2.45, 2.75) is 25.5 Å². The average Bonchev–Trinajstić information content (AvgIpc) is 3.43. The van der Waals surface area contributed by atoms with Crippen LogP contribution in [0.3, 0.4) is 0 Å². The van der Waals surface area contributed by atoms with Crippen LogP contribution in [-0.4, -0.2) is 46.9 Å². The molecule has 2 aromatic heterocycles. The third-order valence-electron chi connectivity index (χ3n) is 5.72. The molecule has 1 aliphatic rings. The second kappa shape index (κ2) is 8.47. The molecule has 8 nitrogen and oxygen atoms in total. The molecule has 0 bridgehead atoms. The number of methoxy groups -OCH3 is 1. The number of nitrogens with two attached hydrogens (primary N) is 1. The van der Waals surface area contributed by atoms with Gasteiger partial charge in [0, 0.05) is 6.61 Å². The number of hydrogen-bond donors (Lipinski definition) is 1. The van der Waals surface area contributed by atoms with Gasteiger partial charge in [0.25, 0.3) is 0 Å². The lowest BCUT2D eigenvalue weighted by Gasteiger charge is -2.11. The zero-order valence-electron chi connectivity index (χ0n) is 17.8. The van der Waals surface area contributed by atoms with Gasteiger partial charge in [-0.15, -0.1) is 0 Å². The molecule has 0 spiro atoms. The predicted octanol–water partition coefficient (Wildman–Crippen LogP) is 3.56. The minimum absolute atomic E-state index is 0.0697. The molecule has 2 aromatic carbocycles. The summed E-state index contributed by atoms with van der Waals surface area (Å²) in [6.07, 6.45) is 1.79. The normalized spacial score (nSPS) is 16.0. The molecule has 3 heterocycles. The van der Waals surface area contributed by atoms with E-state index in [0.717, 1.165) is 29.7 Å². The Hall–Kier alpha value is -3.65. The molecule has 32 heavy (non-hydrogen) atoms. The van der Waals surface area contributed by atoms with E-state index in [2.05, 4.69) is 0 Å². The molecule has 8 heteroatoms. The van der Waals surface area contributed by atoms with Gasteiger partial charge in [-0.2, -0.15) is 0 Å². The van der Waals surface area contributed by atoms with E-state index >= 15 is 0 Å². The molecular formula is C24H24N4O4. The maximum atomic E-state index is 13.1. The van der Waals surface area contributed by atoms with Gasteiger partial charge in [0.05, 0.1) is 30.8 Å². The van der Waals surface area contributed by atoms with E-state index in [0.29, 0.717) is 29.8 Å². The molecule has 2 N–H and O–H groups in total. The van der Waals surface area contributed by atoms with Gasteiger partial charge in [0.15, 0.2) is 5.65 Å². The minimum Gasteiger partial charge on any atom is -0.497 e. The molecule has 1 atom stereocenters. The van der Waals surface area contributed by atoms with Crippen LogP contribution < -0.4 is 10.5 Å². The Kier molecular flexibility index (Phi) is 5.36. The second-order valence-electron chi connectivity index (χ2n) is 7.81. The first-order valence-corrected chi connectivity index (χ1v) is 10.6. The fourth-order valence-corrected chi connectivity index (χ4v) is 4.01. The molecule has 4 aromatic rings. The summed E-state index contributed by atoms with van der Waals surface area (Å²) in [7, 11) is 1.63. The first kappa shape index (κ1) is 20.3. The number of benzene rings is 2. The summed E-state index contributed by atoms with van der Waals surface area (Å²) in [6.45, 7) is 1.33. The SMILES string of the molecule is COc1ccc(Cn2c(N)c(C(=O)OC[C@H]3CCCO3)c3nc4ccccc4nc32)cc1. The van der Waals surface area contributed by atoms with Gasteiger partial charge >= 0.3 is 5.97 Å². The summed E-state index contributed by atoms with van der Waals surface area (Å²) in [5.41, 5.74) is 10.1. The highest BCUT2D eigenvalue weighted by molar-refractivity contribution is 6.08. The van der Waals surface area contributed by atoms with Crippen LogP contribution >= 0.6 is 0 Å². The van der Waals surface area contributed by atoms with Crippen molar-refractivity contribution in [1.82, 2.24) is 14.5 Å². The Bertz CT molecular complexity index is 1280. The van der Waals surface area contributed by atoms with Gasteiger partial charge < -0.3 is 24.5 Å². The number of carbonyl (C=O) groups excluding carboxylic acids is 1. The summed E-state index contributed by atoms with van der Waals surface area (Å²) in [6, 6.07) is 15.2. The fraction of sp³-hybridized carbons (Fsp3) is 0.292. The molecule has 5 rings (SSSR count). The molecule has 0 amide bonds. The van der Waals surface area contributed by atoms with Crippen LogP contribution in [0.5, 0.6) is 5.75 Å². The second-order valence-corrected chi connectivity index (χ2v) is 7.81. The Morgan fingerprint density at radius 1 is 1.16 bits per heavy atom. The van der Waals surface area contributed by atoms with E-state index in [-0.39, 0.29) is 24.1 Å². The maximum Gasteiger partial charge on any atom is 0.344 e. The van der Waals surface area contributed by atoms with E-state index in [1.165, 1.54) is 0 Å². The molecule has 0 radical (unpaired) electrons. The molecule has 1 aliphatic heterocycles. The maximum absolute atomic E-state index is 13.1. The zero-order chi connectivity index (χ0) is 22.1. The van der Waals surface area contributed by atoms with Crippen molar-refractivity contribution < 1.29 is 19.0 Å². The van der Waals surface area contributed by atoms with Crippen molar-refractivity contribution >= 4 is 34.0 Å². The lowest BCUT2D eigenvalue weighted by molar-refractivity contribution is 0.0163. The van der Waals surface area contributed by atoms with Crippen molar-refractivity contribution in [1.29, 1.82) is 0 Å². The lowest BCUT2D eigenvalue weighted by atomic mass is 10.2. The van der Waals surface area contributed by atoms with Gasteiger partial charge in [0.1, 0.15) is 29.3 Å². The van der Waals surface area contributed by atoms with Crippen molar-refractivity contribution in [2.24, 2.45) is 0 Å². The van der Waals surface area contributed by atoms with Crippen LogP contribution in [0.1, 0.15) is 28.8 Å². The molecule has 0 unspecified atom stereocenters. The third kappa shape index (κ3) is 3.73. The Morgan fingerprint density at radius 3 is 2.59 bits per heavy atom. The third-order valence-corrected chi connectivity index (χ3v) is 5.72. The summed E-state index contributed by atoms with van der Waals surface area (Å²) in [5, 5.41) is 0. The zero-order valence-corrected chi connectivity index (χ0v) is 17.8. The van der Waals surface area contributed by atoms with E-state index in [9.17, 15) is 4.79 Å². The first-order chi connectivity index (χ1) is 15.6. The summed E-state index contributed by atoms with van der Waals surface area (Å²) in [5.74, 6) is 0.535. The van der Waals surface area contributed by atoms with Gasteiger partial charge in [-0.25, -0.2) is 14.8 Å². The highest BCUT2D eigenvalue weighted by atomic mass is 16.6. The van der Waals surface area contributed by atoms with E-state index < -0.39 is 5.97 Å². The summed E-state index contributed by atoms with van der Waals surface area (Å²) >= 11 is 0. The molecular weight excluding hydrogens is 408 g/mol. The molecule has 1 fully saturated rings. The van der Waals surface area contributed by atoms with Gasteiger partial charge in [-0.05, 0) is 42.7 Å². The van der Waals surface area contributed by atoms with Crippen molar-refractivity contribution in [3.8, 4) is 5.75 Å². The van der Waals surface area contributed by atoms with Gasteiger partial charge in [0.2, 0.25) is 0 Å². The van der Waals surface area contributed by atoms with Gasteiger partial charge in [-0.1, -0.05) is 24.3 Å². The number of para-hydroxylation sites is 2. The largest absolute Gasteiger partial charge is 0.497 e. The Labute approximate surface area is 184 Å². The molecule has 164 valence electrons. The number of carbonyl (C=O) groups is 1. The standard InChI is InChI=1S/C24H24N4O4/c1-30-16-10-8-15(9-11-16)13-28-22(25)20(24(29)32-14-17-5-4-12-31-17)21-23(28)27-19-7-3-2-6-18(19)26-21/h2-3,6-11,17H,4-5,12-14,25H2,1H3/t17-/m1/s1. The number of aromatic nitrogens is 3. The first-order valence-electron chi connectivity index (χ1n) is 10.6. The van der Waals surface area contributed by atoms with E-state index in [1.54, 1.807) is 11.7 Å². The number of anilines is 1. The fourth-order valence-electron chi connectivity index (χ4n) is 4.01. The Balaban J connectivity index is 1.57. The van der Waals surface area contributed by atoms with E-state index in [4.69, 9.17) is 29.9 Å². The topological polar surface area (TPSA) is 101 Å². The lowest BCUT2D eigenvalue weighted by Crippen LogP contribution is -2.18. The number of nitrogen functional groups attached to an aromatic ring is 1. The predicted molar refractivity (Wildman–Crippen MR) is 121 cm³/mol. The Morgan fingerprint density at radius 2 is 1.91 bits per heavy atom. The molecule has 0 saturated carbocycles.